The van der Waals surface area contributed by atoms with Gasteiger partial charge in [0.05, 0.1) is 7.11 Å². The van der Waals surface area contributed by atoms with E-state index in [0.29, 0.717) is 11.6 Å². The summed E-state index contributed by atoms with van der Waals surface area (Å²) in [6.45, 7) is 0.721. The number of nitrogens with zero attached hydrogens (tertiary/aromatic N) is 1. The number of benzene rings is 1. The summed E-state index contributed by atoms with van der Waals surface area (Å²) in [5.41, 5.74) is 1.49. The number of allylic oxidation sites excluding steroid dienone is 2. The molecule has 23 heavy (non-hydrogen) atoms. The topological polar surface area (TPSA) is 51.2 Å². The summed E-state index contributed by atoms with van der Waals surface area (Å²) in [5.74, 6) is 1.27. The van der Waals surface area contributed by atoms with E-state index in [1.807, 2.05) is 29.6 Å². The van der Waals surface area contributed by atoms with Crippen molar-refractivity contribution in [3.8, 4) is 16.3 Å². The first-order chi connectivity index (χ1) is 11.3. The molecule has 1 unspecified atom stereocenters. The van der Waals surface area contributed by atoms with E-state index in [9.17, 15) is 4.79 Å². The highest BCUT2D eigenvalue weighted by atomic mass is 32.1. The summed E-state index contributed by atoms with van der Waals surface area (Å²) in [6.07, 6.45) is 7.71. The second-order valence-corrected chi connectivity index (χ2v) is 6.49. The molecule has 1 atom stereocenters. The summed E-state index contributed by atoms with van der Waals surface area (Å²) in [7, 11) is 1.64. The van der Waals surface area contributed by atoms with Gasteiger partial charge >= 0.3 is 0 Å². The minimum atomic E-state index is -0.0874. The van der Waals surface area contributed by atoms with Crippen molar-refractivity contribution in [3.63, 3.8) is 0 Å². The highest BCUT2D eigenvalue weighted by molar-refractivity contribution is 7.13. The molecule has 0 radical (unpaired) electrons. The number of aromatic nitrogens is 1. The van der Waals surface area contributed by atoms with Crippen LogP contribution >= 0.6 is 11.3 Å². The number of thiazole rings is 1. The Hall–Kier alpha value is -2.14. The molecule has 3 rings (SSSR count). The van der Waals surface area contributed by atoms with Crippen LogP contribution in [0.1, 0.15) is 29.8 Å². The quantitative estimate of drug-likeness (QED) is 0.847. The number of ether oxygens (including phenoxy) is 1. The molecule has 5 heteroatoms. The van der Waals surface area contributed by atoms with E-state index in [1.54, 1.807) is 7.11 Å². The zero-order valence-electron chi connectivity index (χ0n) is 13.1. The van der Waals surface area contributed by atoms with E-state index in [0.717, 1.165) is 42.1 Å². The molecule has 0 spiro atoms. The van der Waals surface area contributed by atoms with Gasteiger partial charge in [0.1, 0.15) is 16.5 Å². The van der Waals surface area contributed by atoms with Crippen LogP contribution in [0.25, 0.3) is 10.6 Å². The third-order valence-electron chi connectivity index (χ3n) is 4.00. The fourth-order valence-electron chi connectivity index (χ4n) is 2.61. The smallest absolute Gasteiger partial charge is 0.270 e. The average Bonchev–Trinajstić information content (AvgIpc) is 3.11. The number of hydrogen-bond donors (Lipinski definition) is 1. The second kappa shape index (κ2) is 7.42. The van der Waals surface area contributed by atoms with Gasteiger partial charge in [-0.15, -0.1) is 11.3 Å². The van der Waals surface area contributed by atoms with Crippen molar-refractivity contribution < 1.29 is 9.53 Å². The van der Waals surface area contributed by atoms with Gasteiger partial charge in [-0.2, -0.15) is 0 Å². The molecule has 120 valence electrons. The molecule has 1 aromatic heterocycles. The summed E-state index contributed by atoms with van der Waals surface area (Å²) in [4.78, 5) is 16.7. The summed E-state index contributed by atoms with van der Waals surface area (Å²) in [6, 6.07) is 7.70. The first-order valence-corrected chi connectivity index (χ1v) is 8.67. The highest BCUT2D eigenvalue weighted by Gasteiger charge is 2.15. The van der Waals surface area contributed by atoms with Crippen molar-refractivity contribution in [2.24, 2.45) is 5.92 Å². The normalized spacial score (nSPS) is 17.0. The summed E-state index contributed by atoms with van der Waals surface area (Å²) < 4.78 is 5.15. The van der Waals surface area contributed by atoms with Gasteiger partial charge in [0.15, 0.2) is 0 Å². The summed E-state index contributed by atoms with van der Waals surface area (Å²) in [5, 5.41) is 5.66. The van der Waals surface area contributed by atoms with Gasteiger partial charge in [-0.3, -0.25) is 4.79 Å². The third-order valence-corrected chi connectivity index (χ3v) is 4.89. The average molecular weight is 328 g/mol. The number of hydrogen-bond acceptors (Lipinski definition) is 4. The molecule has 1 aliphatic carbocycles. The Morgan fingerprint density at radius 3 is 2.87 bits per heavy atom. The van der Waals surface area contributed by atoms with Crippen LogP contribution in [0.3, 0.4) is 0 Å². The van der Waals surface area contributed by atoms with Crippen LogP contribution in [0.5, 0.6) is 5.75 Å². The van der Waals surface area contributed by atoms with E-state index >= 15 is 0 Å². The SMILES string of the molecule is COc1ccc(-c2nc(C(=O)NCC3CC=CCC3)cs2)cc1. The van der Waals surface area contributed by atoms with Crippen LogP contribution in [-0.2, 0) is 0 Å². The van der Waals surface area contributed by atoms with Crippen molar-refractivity contribution in [2.45, 2.75) is 19.3 Å². The number of rotatable bonds is 5. The van der Waals surface area contributed by atoms with Crippen LogP contribution in [0.4, 0.5) is 0 Å². The van der Waals surface area contributed by atoms with Gasteiger partial charge in [0.25, 0.3) is 5.91 Å². The van der Waals surface area contributed by atoms with Gasteiger partial charge in [-0.1, -0.05) is 12.2 Å². The number of nitrogens with one attached hydrogen (secondary N) is 1. The Morgan fingerprint density at radius 2 is 2.17 bits per heavy atom. The van der Waals surface area contributed by atoms with E-state index in [-0.39, 0.29) is 5.91 Å². The van der Waals surface area contributed by atoms with E-state index in [4.69, 9.17) is 4.74 Å². The Kier molecular flexibility index (Phi) is 5.08. The second-order valence-electron chi connectivity index (χ2n) is 5.63. The molecule has 0 saturated carbocycles. The molecular formula is C18H20N2O2S. The predicted octanol–water partition coefficient (Wildman–Crippen LogP) is 3.90. The fraction of sp³-hybridized carbons (Fsp3) is 0.333. The minimum absolute atomic E-state index is 0.0874. The third kappa shape index (κ3) is 3.99. The van der Waals surface area contributed by atoms with Crippen molar-refractivity contribution in [2.75, 3.05) is 13.7 Å². The first-order valence-electron chi connectivity index (χ1n) is 7.79. The number of methoxy groups -OCH3 is 1. The van der Waals surface area contributed by atoms with Crippen molar-refractivity contribution >= 4 is 17.2 Å². The number of carbonyl (C=O) groups excluding carboxylic acids is 1. The van der Waals surface area contributed by atoms with E-state index < -0.39 is 0 Å². The van der Waals surface area contributed by atoms with Crippen LogP contribution in [0, 0.1) is 5.92 Å². The van der Waals surface area contributed by atoms with Gasteiger partial charge in [-0.25, -0.2) is 4.98 Å². The molecule has 0 fully saturated rings. The molecule has 1 amide bonds. The lowest BCUT2D eigenvalue weighted by atomic mass is 9.94. The molecule has 1 aliphatic rings. The van der Waals surface area contributed by atoms with Gasteiger partial charge in [-0.05, 0) is 49.4 Å². The lowest BCUT2D eigenvalue weighted by molar-refractivity contribution is 0.0942. The molecule has 4 nitrogen and oxygen atoms in total. The molecule has 0 aliphatic heterocycles. The number of carbonyl (C=O) groups is 1. The number of amides is 1. The zero-order valence-corrected chi connectivity index (χ0v) is 13.9. The highest BCUT2D eigenvalue weighted by Crippen LogP contribution is 2.25. The maximum Gasteiger partial charge on any atom is 0.270 e. The molecule has 0 bridgehead atoms. The van der Waals surface area contributed by atoms with Crippen LogP contribution in [0.2, 0.25) is 0 Å². The molecule has 1 aromatic carbocycles. The lowest BCUT2D eigenvalue weighted by Crippen LogP contribution is -2.29. The van der Waals surface area contributed by atoms with Gasteiger partial charge in [0, 0.05) is 17.5 Å². The Labute approximate surface area is 140 Å². The minimum Gasteiger partial charge on any atom is -0.497 e. The van der Waals surface area contributed by atoms with Gasteiger partial charge in [0.2, 0.25) is 0 Å². The predicted molar refractivity (Wildman–Crippen MR) is 92.9 cm³/mol. The van der Waals surface area contributed by atoms with Crippen LogP contribution < -0.4 is 10.1 Å². The zero-order chi connectivity index (χ0) is 16.1. The molecule has 1 N–H and O–H groups in total. The largest absolute Gasteiger partial charge is 0.497 e. The monoisotopic (exact) mass is 328 g/mol. The first kappa shape index (κ1) is 15.7. The van der Waals surface area contributed by atoms with Gasteiger partial charge < -0.3 is 10.1 Å². The molecular weight excluding hydrogens is 308 g/mol. The molecule has 0 saturated heterocycles. The van der Waals surface area contributed by atoms with Crippen LogP contribution in [-0.4, -0.2) is 24.5 Å². The van der Waals surface area contributed by atoms with E-state index in [1.165, 1.54) is 11.3 Å². The van der Waals surface area contributed by atoms with Crippen molar-refractivity contribution in [3.05, 3.63) is 47.5 Å². The maximum atomic E-state index is 12.2. The molecule has 1 heterocycles. The Balaban J connectivity index is 1.61. The Bertz CT molecular complexity index is 691. The molecule has 2 aromatic rings. The fourth-order valence-corrected chi connectivity index (χ4v) is 3.42. The Morgan fingerprint density at radius 1 is 1.35 bits per heavy atom. The van der Waals surface area contributed by atoms with E-state index in [2.05, 4.69) is 22.5 Å². The maximum absolute atomic E-state index is 12.2. The van der Waals surface area contributed by atoms with Crippen molar-refractivity contribution in [1.82, 2.24) is 10.3 Å². The summed E-state index contributed by atoms with van der Waals surface area (Å²) >= 11 is 1.48. The lowest BCUT2D eigenvalue weighted by Gasteiger charge is -2.17. The standard InChI is InChI=1S/C18H20N2O2S/c1-22-15-9-7-14(8-10-15)18-20-16(12-23-18)17(21)19-11-13-5-3-2-4-6-13/h2-3,7-10,12-13H,4-6,11H2,1H3,(H,19,21). The van der Waals surface area contributed by atoms with Crippen molar-refractivity contribution in [1.29, 1.82) is 0 Å². The van der Waals surface area contributed by atoms with Crippen LogP contribution in [0.15, 0.2) is 41.8 Å².